The molecule has 0 unspecified atom stereocenters. The minimum atomic E-state index is 0.743. The SMILES string of the molecule is C/C=C\C(=C/C=N)c1cc(-c2ccc(N)cc2)cc(-c2ccc(N)cc2)c1. The second-order valence-electron chi connectivity index (χ2n) is 6.33. The van der Waals surface area contributed by atoms with Crippen LogP contribution in [0.15, 0.2) is 85.0 Å². The number of anilines is 2. The molecule has 0 radical (unpaired) electrons. The molecule has 0 aliphatic carbocycles. The summed E-state index contributed by atoms with van der Waals surface area (Å²) < 4.78 is 0. The molecule has 0 fully saturated rings. The normalized spacial score (nSPS) is 11.7. The highest BCUT2D eigenvalue weighted by atomic mass is 14.5. The van der Waals surface area contributed by atoms with E-state index in [4.69, 9.17) is 16.9 Å². The number of hydrogen-bond acceptors (Lipinski definition) is 3. The molecular weight excluding hydrogens is 330 g/mol. The maximum atomic E-state index is 7.48. The maximum Gasteiger partial charge on any atom is 0.0314 e. The second kappa shape index (κ2) is 8.19. The van der Waals surface area contributed by atoms with E-state index in [1.54, 1.807) is 6.08 Å². The van der Waals surface area contributed by atoms with E-state index >= 15 is 0 Å². The summed E-state index contributed by atoms with van der Waals surface area (Å²) in [5.74, 6) is 0. The average Bonchev–Trinajstić information content (AvgIpc) is 2.68. The lowest BCUT2D eigenvalue weighted by atomic mass is 9.93. The van der Waals surface area contributed by atoms with E-state index in [1.165, 1.54) is 6.21 Å². The molecule has 0 saturated heterocycles. The molecule has 0 heterocycles. The van der Waals surface area contributed by atoms with Crippen LogP contribution < -0.4 is 11.5 Å². The van der Waals surface area contributed by atoms with Gasteiger partial charge in [0.1, 0.15) is 0 Å². The first-order valence-electron chi connectivity index (χ1n) is 8.81. The number of benzene rings is 3. The summed E-state index contributed by atoms with van der Waals surface area (Å²) in [5, 5.41) is 7.48. The third-order valence-electron chi connectivity index (χ3n) is 4.36. The van der Waals surface area contributed by atoms with E-state index in [9.17, 15) is 0 Å². The molecular formula is C24H23N3. The van der Waals surface area contributed by atoms with E-state index in [0.717, 1.165) is 44.8 Å². The molecule has 0 aromatic heterocycles. The molecule has 3 rings (SSSR count). The van der Waals surface area contributed by atoms with Crippen LogP contribution in [0.1, 0.15) is 12.5 Å². The highest BCUT2D eigenvalue weighted by Gasteiger charge is 2.08. The van der Waals surface area contributed by atoms with Crippen LogP contribution in [0.5, 0.6) is 0 Å². The van der Waals surface area contributed by atoms with Crippen molar-refractivity contribution in [2.24, 2.45) is 0 Å². The third-order valence-corrected chi connectivity index (χ3v) is 4.36. The maximum absolute atomic E-state index is 7.48. The van der Waals surface area contributed by atoms with Gasteiger partial charge in [0.15, 0.2) is 0 Å². The van der Waals surface area contributed by atoms with Gasteiger partial charge in [-0.1, -0.05) is 36.4 Å². The molecule has 134 valence electrons. The van der Waals surface area contributed by atoms with Crippen LogP contribution in [0.2, 0.25) is 0 Å². The zero-order chi connectivity index (χ0) is 19.2. The summed E-state index contributed by atoms with van der Waals surface area (Å²) in [4.78, 5) is 0. The predicted molar refractivity (Wildman–Crippen MR) is 118 cm³/mol. The van der Waals surface area contributed by atoms with Gasteiger partial charge in [0, 0.05) is 17.6 Å². The van der Waals surface area contributed by atoms with Crippen LogP contribution in [0.25, 0.3) is 27.8 Å². The molecule has 3 aromatic carbocycles. The minimum Gasteiger partial charge on any atom is -0.399 e. The number of nitrogen functional groups attached to an aromatic ring is 2. The summed E-state index contributed by atoms with van der Waals surface area (Å²) in [6.45, 7) is 1.97. The number of hydrogen-bond donors (Lipinski definition) is 3. The third kappa shape index (κ3) is 4.33. The fraction of sp³-hybridized carbons (Fsp3) is 0.0417. The molecule has 0 bridgehead atoms. The van der Waals surface area contributed by atoms with Crippen molar-refractivity contribution < 1.29 is 0 Å². The Hall–Kier alpha value is -3.59. The van der Waals surface area contributed by atoms with Crippen LogP contribution in [0.4, 0.5) is 11.4 Å². The molecule has 0 atom stereocenters. The zero-order valence-electron chi connectivity index (χ0n) is 15.3. The smallest absolute Gasteiger partial charge is 0.0314 e. The van der Waals surface area contributed by atoms with E-state index in [2.05, 4.69) is 18.2 Å². The van der Waals surface area contributed by atoms with Crippen molar-refractivity contribution in [3.05, 3.63) is 90.5 Å². The lowest BCUT2D eigenvalue weighted by molar-refractivity contribution is 1.54. The summed E-state index contributed by atoms with van der Waals surface area (Å²) >= 11 is 0. The van der Waals surface area contributed by atoms with Crippen molar-refractivity contribution in [1.82, 2.24) is 0 Å². The Morgan fingerprint density at radius 3 is 1.63 bits per heavy atom. The molecule has 0 aliphatic heterocycles. The van der Waals surface area contributed by atoms with Crippen molar-refractivity contribution in [1.29, 1.82) is 5.41 Å². The van der Waals surface area contributed by atoms with Gasteiger partial charge in [-0.2, -0.15) is 0 Å². The number of rotatable bonds is 5. The number of nitrogens with one attached hydrogen (secondary N) is 1. The Bertz CT molecular complexity index is 931. The topological polar surface area (TPSA) is 75.9 Å². The van der Waals surface area contributed by atoms with Crippen LogP contribution in [-0.2, 0) is 0 Å². The standard InChI is InChI=1S/C24H23N3/c1-2-3-17(12-13-25)20-14-21(18-4-8-23(26)9-5-18)16-22(15-20)19-6-10-24(27)11-7-19/h2-16,25H,26-27H2,1H3/b3-2-,17-12+,25-13?. The van der Waals surface area contributed by atoms with Gasteiger partial charge in [0.2, 0.25) is 0 Å². The highest BCUT2D eigenvalue weighted by molar-refractivity contribution is 5.90. The molecule has 0 aliphatic rings. The second-order valence-corrected chi connectivity index (χ2v) is 6.33. The summed E-state index contributed by atoms with van der Waals surface area (Å²) in [5.41, 5.74) is 19.6. The van der Waals surface area contributed by atoms with Crippen LogP contribution in [0, 0.1) is 5.41 Å². The lowest BCUT2D eigenvalue weighted by Gasteiger charge is -2.12. The van der Waals surface area contributed by atoms with Crippen molar-refractivity contribution in [3.8, 4) is 22.3 Å². The van der Waals surface area contributed by atoms with Crippen molar-refractivity contribution in [2.75, 3.05) is 11.5 Å². The molecule has 0 saturated carbocycles. The van der Waals surface area contributed by atoms with Gasteiger partial charge in [0.05, 0.1) is 0 Å². The minimum absolute atomic E-state index is 0.743. The molecule has 0 amide bonds. The number of nitrogens with two attached hydrogens (primary N) is 2. The Kier molecular flexibility index (Phi) is 5.53. The van der Waals surface area contributed by atoms with E-state index < -0.39 is 0 Å². The van der Waals surface area contributed by atoms with Crippen molar-refractivity contribution in [3.63, 3.8) is 0 Å². The average molecular weight is 353 g/mol. The number of allylic oxidation sites excluding steroid dienone is 4. The van der Waals surface area contributed by atoms with Gasteiger partial charge in [-0.3, -0.25) is 0 Å². The fourth-order valence-electron chi connectivity index (χ4n) is 3.00. The van der Waals surface area contributed by atoms with Gasteiger partial charge in [-0.15, -0.1) is 0 Å². The Labute approximate surface area is 160 Å². The first kappa shape index (κ1) is 18.2. The van der Waals surface area contributed by atoms with Crippen LogP contribution in [0.3, 0.4) is 0 Å². The molecule has 3 nitrogen and oxygen atoms in total. The quantitative estimate of drug-likeness (QED) is 0.308. The monoisotopic (exact) mass is 353 g/mol. The summed E-state index contributed by atoms with van der Waals surface area (Å²) in [6.07, 6.45) is 7.11. The van der Waals surface area contributed by atoms with Crippen molar-refractivity contribution in [2.45, 2.75) is 6.92 Å². The van der Waals surface area contributed by atoms with Gasteiger partial charge in [-0.25, -0.2) is 0 Å². The largest absolute Gasteiger partial charge is 0.399 e. The summed E-state index contributed by atoms with van der Waals surface area (Å²) in [6, 6.07) is 22.2. The van der Waals surface area contributed by atoms with Crippen LogP contribution in [-0.4, -0.2) is 6.21 Å². The highest BCUT2D eigenvalue weighted by Crippen LogP contribution is 2.32. The van der Waals surface area contributed by atoms with E-state index in [-0.39, 0.29) is 0 Å². The molecule has 0 spiro atoms. The Morgan fingerprint density at radius 2 is 1.22 bits per heavy atom. The van der Waals surface area contributed by atoms with Crippen LogP contribution >= 0.6 is 0 Å². The zero-order valence-corrected chi connectivity index (χ0v) is 15.3. The Morgan fingerprint density at radius 1 is 0.741 bits per heavy atom. The van der Waals surface area contributed by atoms with Crippen molar-refractivity contribution >= 4 is 23.2 Å². The Balaban J connectivity index is 2.21. The van der Waals surface area contributed by atoms with Gasteiger partial charge < -0.3 is 16.9 Å². The van der Waals surface area contributed by atoms with Gasteiger partial charge >= 0.3 is 0 Å². The first-order chi connectivity index (χ1) is 13.1. The van der Waals surface area contributed by atoms with E-state index in [0.29, 0.717) is 0 Å². The predicted octanol–water partition coefficient (Wildman–Crippen LogP) is 5.79. The molecule has 27 heavy (non-hydrogen) atoms. The van der Waals surface area contributed by atoms with Gasteiger partial charge in [0.25, 0.3) is 0 Å². The first-order valence-corrected chi connectivity index (χ1v) is 8.81. The lowest BCUT2D eigenvalue weighted by Crippen LogP contribution is -1.90. The summed E-state index contributed by atoms with van der Waals surface area (Å²) in [7, 11) is 0. The van der Waals surface area contributed by atoms with Gasteiger partial charge in [-0.05, 0) is 88.9 Å². The molecule has 3 heteroatoms. The molecule has 5 N–H and O–H groups in total. The fourth-order valence-corrected chi connectivity index (χ4v) is 3.00. The molecule has 3 aromatic rings. The van der Waals surface area contributed by atoms with E-state index in [1.807, 2.05) is 67.6 Å².